The van der Waals surface area contributed by atoms with Gasteiger partial charge in [0, 0.05) is 18.5 Å². The Labute approximate surface area is 157 Å². The Morgan fingerprint density at radius 3 is 2.54 bits per heavy atom. The van der Waals surface area contributed by atoms with Crippen molar-refractivity contribution >= 4 is 5.91 Å². The van der Waals surface area contributed by atoms with Crippen LogP contribution in [0.4, 0.5) is 0 Å². The van der Waals surface area contributed by atoms with Crippen LogP contribution in [0.3, 0.4) is 0 Å². The molecule has 3 unspecified atom stereocenters. The molecule has 2 fully saturated rings. The minimum Gasteiger partial charge on any atom is -0.493 e. The number of likely N-dealkylation sites (tertiary alicyclic amines) is 1. The van der Waals surface area contributed by atoms with Gasteiger partial charge in [-0.15, -0.1) is 0 Å². The second-order valence-corrected chi connectivity index (χ2v) is 9.47. The van der Waals surface area contributed by atoms with Crippen LogP contribution in [-0.2, 0) is 11.2 Å². The Hall–Kier alpha value is -1.71. The lowest BCUT2D eigenvalue weighted by molar-refractivity contribution is -0.136. The molecule has 4 nitrogen and oxygen atoms in total. The highest BCUT2D eigenvalue weighted by atomic mass is 16.5. The van der Waals surface area contributed by atoms with Crippen LogP contribution in [0.1, 0.15) is 52.5 Å². The van der Waals surface area contributed by atoms with E-state index in [1.165, 1.54) is 6.42 Å². The summed E-state index contributed by atoms with van der Waals surface area (Å²) in [7, 11) is 3.28. The maximum atomic E-state index is 13.2. The Balaban J connectivity index is 1.71. The molecule has 1 heterocycles. The quantitative estimate of drug-likeness (QED) is 0.786. The first-order chi connectivity index (χ1) is 12.2. The SMILES string of the molecule is COc1ccc(CC(C)C(=O)N2CC3(C)CC2CC(C)(C)C3)cc1OC. The molecule has 1 saturated heterocycles. The summed E-state index contributed by atoms with van der Waals surface area (Å²) in [4.78, 5) is 15.4. The first-order valence-electron chi connectivity index (χ1n) is 9.68. The zero-order valence-electron chi connectivity index (χ0n) is 17.1. The average Bonchev–Trinajstić information content (AvgIpc) is 2.82. The van der Waals surface area contributed by atoms with Crippen molar-refractivity contribution in [2.24, 2.45) is 16.7 Å². The first-order valence-corrected chi connectivity index (χ1v) is 9.68. The van der Waals surface area contributed by atoms with Gasteiger partial charge in [-0.2, -0.15) is 0 Å². The van der Waals surface area contributed by atoms with Crippen LogP contribution >= 0.6 is 0 Å². The van der Waals surface area contributed by atoms with Crippen molar-refractivity contribution < 1.29 is 14.3 Å². The number of hydrogen-bond acceptors (Lipinski definition) is 3. The number of carbonyl (C=O) groups excluding carboxylic acids is 1. The van der Waals surface area contributed by atoms with Gasteiger partial charge in [0.1, 0.15) is 0 Å². The molecule has 2 aliphatic rings. The summed E-state index contributed by atoms with van der Waals surface area (Å²) in [6.45, 7) is 10.0. The van der Waals surface area contributed by atoms with E-state index in [1.807, 2.05) is 18.2 Å². The van der Waals surface area contributed by atoms with E-state index in [-0.39, 0.29) is 11.3 Å². The molecule has 3 rings (SSSR count). The van der Waals surface area contributed by atoms with Crippen molar-refractivity contribution in [1.82, 2.24) is 4.90 Å². The molecule has 1 saturated carbocycles. The van der Waals surface area contributed by atoms with Crippen LogP contribution in [0, 0.1) is 16.7 Å². The number of methoxy groups -OCH3 is 2. The molecule has 1 aliphatic heterocycles. The van der Waals surface area contributed by atoms with Gasteiger partial charge in [-0.05, 0) is 54.2 Å². The third kappa shape index (κ3) is 3.70. The lowest BCUT2D eigenvalue weighted by Gasteiger charge is -2.39. The maximum absolute atomic E-state index is 13.2. The molecular formula is C22H33NO3. The standard InChI is InChI=1S/C22H33NO3/c1-15(9-16-7-8-18(25-5)19(10-16)26-6)20(24)23-14-22(4)12-17(23)11-21(2,3)13-22/h7-8,10,15,17H,9,11-14H2,1-6H3. The second kappa shape index (κ2) is 6.79. The van der Waals surface area contributed by atoms with Gasteiger partial charge in [0.15, 0.2) is 11.5 Å². The van der Waals surface area contributed by atoms with Crippen LogP contribution in [0.25, 0.3) is 0 Å². The number of hydrogen-bond donors (Lipinski definition) is 0. The van der Waals surface area contributed by atoms with E-state index in [1.54, 1.807) is 14.2 Å². The van der Waals surface area contributed by atoms with Crippen molar-refractivity contribution in [3.8, 4) is 11.5 Å². The average molecular weight is 360 g/mol. The number of benzene rings is 1. The van der Waals surface area contributed by atoms with Crippen molar-refractivity contribution in [2.45, 2.75) is 59.4 Å². The van der Waals surface area contributed by atoms with Gasteiger partial charge in [0.2, 0.25) is 5.91 Å². The predicted molar refractivity (Wildman–Crippen MR) is 104 cm³/mol. The van der Waals surface area contributed by atoms with E-state index in [0.717, 1.165) is 42.9 Å². The van der Waals surface area contributed by atoms with Gasteiger partial charge >= 0.3 is 0 Å². The summed E-state index contributed by atoms with van der Waals surface area (Å²) in [6, 6.07) is 6.33. The van der Waals surface area contributed by atoms with Crippen LogP contribution in [0.15, 0.2) is 18.2 Å². The van der Waals surface area contributed by atoms with E-state index in [9.17, 15) is 4.79 Å². The topological polar surface area (TPSA) is 38.8 Å². The minimum absolute atomic E-state index is 0.0286. The third-order valence-electron chi connectivity index (χ3n) is 6.11. The molecule has 2 bridgehead atoms. The fourth-order valence-corrected chi connectivity index (χ4v) is 5.45. The maximum Gasteiger partial charge on any atom is 0.226 e. The lowest BCUT2D eigenvalue weighted by Crippen LogP contribution is -2.40. The molecule has 1 aromatic rings. The van der Waals surface area contributed by atoms with Crippen LogP contribution < -0.4 is 9.47 Å². The molecule has 1 aromatic carbocycles. The van der Waals surface area contributed by atoms with E-state index in [2.05, 4.69) is 32.6 Å². The van der Waals surface area contributed by atoms with Gasteiger partial charge in [-0.25, -0.2) is 0 Å². The lowest BCUT2D eigenvalue weighted by atomic mass is 9.65. The summed E-state index contributed by atoms with van der Waals surface area (Å²) in [6.07, 6.45) is 4.22. The van der Waals surface area contributed by atoms with Crippen LogP contribution in [-0.4, -0.2) is 37.6 Å². The summed E-state index contributed by atoms with van der Waals surface area (Å²) in [5.74, 6) is 1.71. The highest BCUT2D eigenvalue weighted by Gasteiger charge is 2.51. The van der Waals surface area contributed by atoms with Crippen molar-refractivity contribution in [1.29, 1.82) is 0 Å². The Morgan fingerprint density at radius 1 is 1.19 bits per heavy atom. The molecule has 0 N–H and O–H groups in total. The Bertz CT molecular complexity index is 684. The highest BCUT2D eigenvalue weighted by molar-refractivity contribution is 5.79. The van der Waals surface area contributed by atoms with Gasteiger partial charge in [0.05, 0.1) is 14.2 Å². The molecule has 144 valence electrons. The molecule has 0 radical (unpaired) electrons. The summed E-state index contributed by atoms with van der Waals surface area (Å²) in [5, 5.41) is 0. The fraction of sp³-hybridized carbons (Fsp3) is 0.682. The predicted octanol–water partition coefficient (Wildman–Crippen LogP) is 4.31. The fourth-order valence-electron chi connectivity index (χ4n) is 5.45. The Morgan fingerprint density at radius 2 is 1.88 bits per heavy atom. The molecule has 1 amide bonds. The van der Waals surface area contributed by atoms with E-state index < -0.39 is 0 Å². The highest BCUT2D eigenvalue weighted by Crippen LogP contribution is 2.52. The Kier molecular flexibility index (Phi) is 4.98. The van der Waals surface area contributed by atoms with Crippen molar-refractivity contribution in [3.63, 3.8) is 0 Å². The molecule has 1 aliphatic carbocycles. The monoisotopic (exact) mass is 359 g/mol. The largest absolute Gasteiger partial charge is 0.493 e. The molecule has 3 atom stereocenters. The number of amides is 1. The van der Waals surface area contributed by atoms with E-state index in [4.69, 9.17) is 9.47 Å². The zero-order valence-corrected chi connectivity index (χ0v) is 17.1. The summed E-state index contributed by atoms with van der Waals surface area (Å²) in [5.41, 5.74) is 1.72. The molecule has 26 heavy (non-hydrogen) atoms. The summed E-state index contributed by atoms with van der Waals surface area (Å²) < 4.78 is 10.7. The van der Waals surface area contributed by atoms with Gasteiger partial charge < -0.3 is 14.4 Å². The normalized spacial score (nSPS) is 27.9. The molecule has 0 aromatic heterocycles. The van der Waals surface area contributed by atoms with Crippen LogP contribution in [0.2, 0.25) is 0 Å². The third-order valence-corrected chi connectivity index (χ3v) is 6.11. The molecule has 0 spiro atoms. The van der Waals surface area contributed by atoms with Crippen LogP contribution in [0.5, 0.6) is 11.5 Å². The number of carbonyl (C=O) groups is 1. The molecule has 4 heteroatoms. The minimum atomic E-state index is -0.0286. The van der Waals surface area contributed by atoms with Gasteiger partial charge in [-0.3, -0.25) is 4.79 Å². The zero-order chi connectivity index (χ0) is 19.1. The van der Waals surface area contributed by atoms with Crippen molar-refractivity contribution in [2.75, 3.05) is 20.8 Å². The van der Waals surface area contributed by atoms with E-state index in [0.29, 0.717) is 17.4 Å². The number of fused-ring (bicyclic) bond motifs is 2. The summed E-state index contributed by atoms with van der Waals surface area (Å²) >= 11 is 0. The number of ether oxygens (including phenoxy) is 2. The smallest absolute Gasteiger partial charge is 0.226 e. The van der Waals surface area contributed by atoms with E-state index >= 15 is 0 Å². The second-order valence-electron chi connectivity index (χ2n) is 9.47. The van der Waals surface area contributed by atoms with Gasteiger partial charge in [-0.1, -0.05) is 33.8 Å². The first kappa shape index (κ1) is 19.1. The number of nitrogens with zero attached hydrogens (tertiary/aromatic N) is 1. The number of rotatable bonds is 5. The van der Waals surface area contributed by atoms with Gasteiger partial charge in [0.25, 0.3) is 0 Å². The van der Waals surface area contributed by atoms with Crippen molar-refractivity contribution in [3.05, 3.63) is 23.8 Å². The molecular weight excluding hydrogens is 326 g/mol.